The van der Waals surface area contributed by atoms with Crippen molar-refractivity contribution >= 4 is 22.5 Å². The second-order valence-electron chi connectivity index (χ2n) is 6.25. The summed E-state index contributed by atoms with van der Waals surface area (Å²) in [5.41, 5.74) is 3.50. The number of carbonyl (C=O) groups excluding carboxylic acids is 1. The molecular weight excluding hydrogens is 346 g/mol. The molecule has 26 heavy (non-hydrogen) atoms. The summed E-state index contributed by atoms with van der Waals surface area (Å²) in [4.78, 5) is 16.5. The Morgan fingerprint density at radius 1 is 1.15 bits per heavy atom. The molecule has 1 aromatic carbocycles. The number of aromatic nitrogens is 3. The van der Waals surface area contributed by atoms with Gasteiger partial charge in [-0.25, -0.2) is 4.79 Å². The highest BCUT2D eigenvalue weighted by Crippen LogP contribution is 2.31. The summed E-state index contributed by atoms with van der Waals surface area (Å²) in [7, 11) is 0. The highest BCUT2D eigenvalue weighted by atomic mass is 32.1. The van der Waals surface area contributed by atoms with E-state index in [1.807, 2.05) is 18.2 Å². The van der Waals surface area contributed by atoms with Crippen LogP contribution in [0.15, 0.2) is 48.7 Å². The van der Waals surface area contributed by atoms with Gasteiger partial charge in [-0.1, -0.05) is 41.7 Å². The van der Waals surface area contributed by atoms with E-state index in [-0.39, 0.29) is 6.03 Å². The van der Waals surface area contributed by atoms with Gasteiger partial charge in [-0.15, -0.1) is 10.2 Å². The maximum Gasteiger partial charge on any atom is 0.321 e. The smallest absolute Gasteiger partial charge is 0.321 e. The second kappa shape index (κ2) is 7.61. The number of rotatable bonds is 4. The molecule has 0 bridgehead atoms. The number of fused-ring (bicyclic) bond motifs is 1. The number of nitrogens with zero attached hydrogens (tertiary/aromatic N) is 3. The van der Waals surface area contributed by atoms with Gasteiger partial charge >= 0.3 is 6.03 Å². The van der Waals surface area contributed by atoms with Crippen molar-refractivity contribution in [1.82, 2.24) is 20.5 Å². The van der Waals surface area contributed by atoms with E-state index >= 15 is 0 Å². The van der Waals surface area contributed by atoms with Crippen LogP contribution >= 0.6 is 11.3 Å². The van der Waals surface area contributed by atoms with Gasteiger partial charge in [0.2, 0.25) is 5.13 Å². The molecule has 2 amide bonds. The average Bonchev–Trinajstić information content (AvgIpc) is 3.15. The van der Waals surface area contributed by atoms with Gasteiger partial charge in [0.05, 0.1) is 0 Å². The molecule has 0 spiro atoms. The molecular formula is C19H19N5OS. The van der Waals surface area contributed by atoms with Crippen LogP contribution in [-0.2, 0) is 6.42 Å². The van der Waals surface area contributed by atoms with Crippen LogP contribution in [0.3, 0.4) is 0 Å². The van der Waals surface area contributed by atoms with E-state index in [0.717, 1.165) is 25.0 Å². The van der Waals surface area contributed by atoms with E-state index in [0.29, 0.717) is 22.6 Å². The van der Waals surface area contributed by atoms with Crippen molar-refractivity contribution in [3.8, 4) is 10.7 Å². The Balaban J connectivity index is 1.35. The van der Waals surface area contributed by atoms with Crippen molar-refractivity contribution < 1.29 is 4.79 Å². The lowest BCUT2D eigenvalue weighted by Crippen LogP contribution is -2.33. The van der Waals surface area contributed by atoms with E-state index < -0.39 is 0 Å². The van der Waals surface area contributed by atoms with E-state index in [1.165, 1.54) is 22.5 Å². The Bertz CT molecular complexity index is 896. The third kappa shape index (κ3) is 3.72. The lowest BCUT2D eigenvalue weighted by Gasteiger charge is -2.25. The van der Waals surface area contributed by atoms with E-state index in [9.17, 15) is 4.79 Å². The summed E-state index contributed by atoms with van der Waals surface area (Å²) >= 11 is 1.31. The number of anilines is 1. The fourth-order valence-electron chi connectivity index (χ4n) is 3.29. The molecule has 0 radical (unpaired) electrons. The van der Waals surface area contributed by atoms with Crippen LogP contribution in [0.25, 0.3) is 10.7 Å². The maximum atomic E-state index is 12.2. The first-order chi connectivity index (χ1) is 12.8. The Labute approximate surface area is 155 Å². The SMILES string of the molecule is O=C(NC[C@@H]1CCCc2ccccc21)Nc1nnc(-c2ccccn2)s1. The highest BCUT2D eigenvalue weighted by molar-refractivity contribution is 7.18. The minimum Gasteiger partial charge on any atom is -0.337 e. The Hall–Kier alpha value is -2.80. The summed E-state index contributed by atoms with van der Waals surface area (Å²) in [5.74, 6) is 0.365. The van der Waals surface area contributed by atoms with E-state index in [4.69, 9.17) is 0 Å². The molecule has 1 atom stereocenters. The Morgan fingerprint density at radius 2 is 2.04 bits per heavy atom. The van der Waals surface area contributed by atoms with Gasteiger partial charge in [0.25, 0.3) is 0 Å². The molecule has 2 heterocycles. The van der Waals surface area contributed by atoms with Crippen molar-refractivity contribution in [3.63, 3.8) is 0 Å². The molecule has 1 aliphatic carbocycles. The zero-order valence-electron chi connectivity index (χ0n) is 14.2. The fraction of sp³-hybridized carbons (Fsp3) is 0.263. The molecule has 2 N–H and O–H groups in total. The van der Waals surface area contributed by atoms with Gasteiger partial charge in [0.15, 0.2) is 5.01 Å². The summed E-state index contributed by atoms with van der Waals surface area (Å²) < 4.78 is 0. The van der Waals surface area contributed by atoms with Gasteiger partial charge < -0.3 is 5.32 Å². The number of pyridine rings is 1. The Morgan fingerprint density at radius 3 is 2.92 bits per heavy atom. The van der Waals surface area contributed by atoms with Gasteiger partial charge in [-0.2, -0.15) is 0 Å². The first-order valence-corrected chi connectivity index (χ1v) is 9.49. The molecule has 0 saturated carbocycles. The quantitative estimate of drug-likeness (QED) is 0.736. The minimum atomic E-state index is -0.253. The summed E-state index contributed by atoms with van der Waals surface area (Å²) in [5, 5.41) is 15.0. The number of hydrogen-bond donors (Lipinski definition) is 2. The number of hydrogen-bond acceptors (Lipinski definition) is 5. The molecule has 0 aliphatic heterocycles. The lowest BCUT2D eigenvalue weighted by molar-refractivity contribution is 0.251. The summed E-state index contributed by atoms with van der Waals surface area (Å²) in [6.45, 7) is 0.620. The van der Waals surface area contributed by atoms with Crippen LogP contribution in [-0.4, -0.2) is 27.8 Å². The zero-order valence-corrected chi connectivity index (χ0v) is 15.0. The molecule has 0 saturated heterocycles. The molecule has 132 valence electrons. The van der Waals surface area contributed by atoms with Crippen LogP contribution in [0.2, 0.25) is 0 Å². The standard InChI is InChI=1S/C19H19N5OS/c25-18(21-12-14-8-5-7-13-6-1-2-9-15(13)14)22-19-24-23-17(26-19)16-10-3-4-11-20-16/h1-4,6,9-11,14H,5,7-8,12H2,(H2,21,22,24,25)/t14-/m0/s1. The van der Waals surface area contributed by atoms with E-state index in [2.05, 4.69) is 50.1 Å². The van der Waals surface area contributed by atoms with Crippen LogP contribution in [0.1, 0.15) is 29.9 Å². The molecule has 0 unspecified atom stereocenters. The average molecular weight is 365 g/mol. The highest BCUT2D eigenvalue weighted by Gasteiger charge is 2.20. The molecule has 7 heteroatoms. The fourth-order valence-corrected chi connectivity index (χ4v) is 4.01. The summed E-state index contributed by atoms with van der Waals surface area (Å²) in [6, 6.07) is 13.9. The molecule has 1 aliphatic rings. The van der Waals surface area contributed by atoms with Crippen LogP contribution in [0, 0.1) is 0 Å². The van der Waals surface area contributed by atoms with Gasteiger partial charge in [-0.05, 0) is 42.5 Å². The number of benzene rings is 1. The first-order valence-electron chi connectivity index (χ1n) is 8.67. The number of carbonyl (C=O) groups is 1. The predicted molar refractivity (Wildman–Crippen MR) is 102 cm³/mol. The molecule has 6 nitrogen and oxygen atoms in total. The zero-order chi connectivity index (χ0) is 17.8. The molecule has 2 aromatic heterocycles. The largest absolute Gasteiger partial charge is 0.337 e. The second-order valence-corrected chi connectivity index (χ2v) is 7.23. The van der Waals surface area contributed by atoms with Crippen molar-refractivity contribution in [2.24, 2.45) is 0 Å². The van der Waals surface area contributed by atoms with Crippen LogP contribution < -0.4 is 10.6 Å². The van der Waals surface area contributed by atoms with Crippen molar-refractivity contribution in [2.45, 2.75) is 25.2 Å². The number of nitrogens with one attached hydrogen (secondary N) is 2. The molecule has 0 fully saturated rings. The molecule has 3 aromatic rings. The monoisotopic (exact) mass is 365 g/mol. The minimum absolute atomic E-state index is 0.253. The Kier molecular flexibility index (Phi) is 4.88. The molecule has 4 rings (SSSR count). The number of urea groups is 1. The lowest BCUT2D eigenvalue weighted by atomic mass is 9.83. The summed E-state index contributed by atoms with van der Waals surface area (Å²) in [6.07, 6.45) is 5.09. The van der Waals surface area contributed by atoms with Gasteiger partial charge in [-0.3, -0.25) is 10.3 Å². The number of aryl methyl sites for hydroxylation is 1. The van der Waals surface area contributed by atoms with Gasteiger partial charge in [0.1, 0.15) is 5.69 Å². The van der Waals surface area contributed by atoms with Gasteiger partial charge in [0, 0.05) is 18.7 Å². The third-order valence-corrected chi connectivity index (χ3v) is 5.39. The normalized spacial score (nSPS) is 15.9. The third-order valence-electron chi connectivity index (χ3n) is 4.53. The predicted octanol–water partition coefficient (Wildman–Crippen LogP) is 3.84. The van der Waals surface area contributed by atoms with Crippen LogP contribution in [0.4, 0.5) is 9.93 Å². The maximum absolute atomic E-state index is 12.2. The first kappa shape index (κ1) is 16.7. The number of amides is 2. The van der Waals surface area contributed by atoms with Crippen molar-refractivity contribution in [2.75, 3.05) is 11.9 Å². The van der Waals surface area contributed by atoms with Crippen LogP contribution in [0.5, 0.6) is 0 Å². The van der Waals surface area contributed by atoms with E-state index in [1.54, 1.807) is 6.20 Å². The van der Waals surface area contributed by atoms with Crippen molar-refractivity contribution in [3.05, 3.63) is 59.8 Å². The van der Waals surface area contributed by atoms with Crippen molar-refractivity contribution in [1.29, 1.82) is 0 Å². The topological polar surface area (TPSA) is 79.8 Å².